The number of carboxylic acid groups (broad SMARTS) is 1. The third kappa shape index (κ3) is 11.5. The van der Waals surface area contributed by atoms with E-state index in [4.69, 9.17) is 47.4 Å². The number of phenols is 2. The number of aliphatic hydroxyl groups excluding tert-OH is 8. The first-order valence-electron chi connectivity index (χ1n) is 20.7. The number of phenolic OH excluding ortho intramolecular Hbond substituents is 2. The fourth-order valence-corrected chi connectivity index (χ4v) is 7.22. The lowest BCUT2D eigenvalue weighted by molar-refractivity contribution is -0.344. The van der Waals surface area contributed by atoms with Crippen LogP contribution in [0.4, 0.5) is 0 Å². The number of aliphatic carboxylic acids is 1. The maximum absolute atomic E-state index is 13.1. The first kappa shape index (κ1) is 49.6. The molecule has 1 aliphatic carbocycles. The lowest BCUT2D eigenvalue weighted by Crippen LogP contribution is -2.64. The summed E-state index contributed by atoms with van der Waals surface area (Å²) in [4.78, 5) is 46.5. The van der Waals surface area contributed by atoms with Crippen LogP contribution in [0.5, 0.6) is 23.0 Å². The Bertz CT molecular complexity index is 2440. The van der Waals surface area contributed by atoms with E-state index < -0.39 is 141 Å². The summed E-state index contributed by atoms with van der Waals surface area (Å²) in [6, 6.07) is 14.5. The van der Waals surface area contributed by atoms with Gasteiger partial charge in [-0.3, -0.25) is 14.4 Å². The molecule has 3 fully saturated rings. The zero-order valence-electron chi connectivity index (χ0n) is 35.2. The molecule has 68 heavy (non-hydrogen) atoms. The largest absolute Gasteiger partial charge is 0.510 e. The molecule has 366 valence electrons. The number of fused-ring (bicyclic) bond motifs is 1. The van der Waals surface area contributed by atoms with Crippen molar-refractivity contribution in [3.8, 4) is 45.6 Å². The number of hydrogen-bond acceptors (Lipinski definition) is 22. The molecule has 2 aromatic rings. The van der Waals surface area contributed by atoms with Crippen molar-refractivity contribution in [2.24, 2.45) is 0 Å². The molecule has 4 aliphatic heterocycles. The number of ether oxygens (including phenoxy) is 8. The van der Waals surface area contributed by atoms with Crippen molar-refractivity contribution in [3.05, 3.63) is 88.6 Å². The van der Waals surface area contributed by atoms with Gasteiger partial charge in [0.25, 0.3) is 0 Å². The van der Waals surface area contributed by atoms with Gasteiger partial charge in [-0.2, -0.15) is 0 Å². The van der Waals surface area contributed by atoms with Gasteiger partial charge in [-0.1, -0.05) is 12.1 Å². The van der Waals surface area contributed by atoms with Gasteiger partial charge < -0.3 is 103 Å². The summed E-state index contributed by atoms with van der Waals surface area (Å²) < 4.78 is 51.7. The summed E-state index contributed by atoms with van der Waals surface area (Å²) in [5.74, 6) is -4.64. The van der Waals surface area contributed by atoms with Crippen molar-refractivity contribution in [1.29, 1.82) is 0 Å². The lowest BCUT2D eigenvalue weighted by atomic mass is 9.98. The van der Waals surface area contributed by atoms with Gasteiger partial charge in [0.2, 0.25) is 19.2 Å². The summed E-state index contributed by atoms with van der Waals surface area (Å²) in [5.41, 5.74) is -0.0865. The van der Waals surface area contributed by atoms with Crippen LogP contribution in [0.15, 0.2) is 82.0 Å². The van der Waals surface area contributed by atoms with E-state index in [-0.39, 0.29) is 39.9 Å². The fraction of sp³-hybridized carbons (Fsp3) is 0.409. The molecular weight excluding hydrogens is 912 g/mol. The molecule has 24 nitrogen and oxygen atoms in total. The van der Waals surface area contributed by atoms with Gasteiger partial charge in [0.05, 0.1) is 18.2 Å². The molecule has 0 aromatic heterocycles. The predicted molar refractivity (Wildman–Crippen MR) is 223 cm³/mol. The van der Waals surface area contributed by atoms with Crippen molar-refractivity contribution < 1.29 is 113 Å². The number of aromatic hydroxyl groups is 2. The van der Waals surface area contributed by atoms with E-state index in [2.05, 4.69) is 0 Å². The number of rotatable bonds is 15. The van der Waals surface area contributed by atoms with E-state index in [1.165, 1.54) is 48.5 Å². The first-order valence-corrected chi connectivity index (χ1v) is 20.7. The molecule has 0 bridgehead atoms. The van der Waals surface area contributed by atoms with E-state index in [0.717, 1.165) is 18.2 Å². The Morgan fingerprint density at radius 1 is 0.691 bits per heavy atom. The van der Waals surface area contributed by atoms with E-state index >= 15 is 0 Å². The Morgan fingerprint density at radius 3 is 1.97 bits per heavy atom. The van der Waals surface area contributed by atoms with Crippen LogP contribution in [-0.4, -0.2) is 185 Å². The number of carbonyl (C=O) groups excluding carboxylic acids is 2. The molecule has 0 amide bonds. The van der Waals surface area contributed by atoms with Crippen molar-refractivity contribution in [1.82, 2.24) is 0 Å². The van der Waals surface area contributed by atoms with Gasteiger partial charge in [0.15, 0.2) is 35.4 Å². The number of benzene rings is 3. The van der Waals surface area contributed by atoms with Crippen LogP contribution in [0.1, 0.15) is 12.0 Å². The average Bonchev–Trinajstić information content (AvgIpc) is 3.30. The van der Waals surface area contributed by atoms with Gasteiger partial charge in [0.1, 0.15) is 91.0 Å². The van der Waals surface area contributed by atoms with Gasteiger partial charge in [-0.25, -0.2) is 0 Å². The van der Waals surface area contributed by atoms with Crippen LogP contribution in [-0.2, 0) is 38.0 Å². The second-order valence-corrected chi connectivity index (χ2v) is 15.8. The minimum Gasteiger partial charge on any atom is -0.508 e. The first-order chi connectivity index (χ1) is 32.4. The van der Waals surface area contributed by atoms with Crippen molar-refractivity contribution in [2.75, 3.05) is 19.8 Å². The molecule has 7 rings (SSSR count). The van der Waals surface area contributed by atoms with Crippen LogP contribution in [0, 0.1) is 0 Å². The van der Waals surface area contributed by atoms with Crippen molar-refractivity contribution in [2.45, 2.75) is 92.4 Å². The summed E-state index contributed by atoms with van der Waals surface area (Å²) >= 11 is 0. The van der Waals surface area contributed by atoms with Crippen LogP contribution in [0.3, 0.4) is 0 Å². The maximum Gasteiger partial charge on any atom is 0.510 e. The summed E-state index contributed by atoms with van der Waals surface area (Å²) in [5, 5.41) is 115. The van der Waals surface area contributed by atoms with Gasteiger partial charge in [-0.15, -0.1) is 0 Å². The second-order valence-electron chi connectivity index (χ2n) is 15.8. The zero-order chi connectivity index (χ0) is 49.0. The van der Waals surface area contributed by atoms with Crippen molar-refractivity contribution >= 4 is 24.0 Å². The zero-order valence-corrected chi connectivity index (χ0v) is 35.2. The number of carbonyl (C=O) groups is 2. The number of esters is 2. The highest BCUT2D eigenvalue weighted by molar-refractivity contribution is 5.90. The molecule has 5 aliphatic rings. The molecule has 12 N–H and O–H groups in total. The quantitative estimate of drug-likeness (QED) is 0.0263. The highest BCUT2D eigenvalue weighted by Gasteiger charge is 2.52. The Morgan fingerprint density at radius 2 is 1.29 bits per heavy atom. The van der Waals surface area contributed by atoms with Crippen LogP contribution in [0.2, 0.25) is 0 Å². The smallest absolute Gasteiger partial charge is 0.508 e. The molecule has 0 spiro atoms. The Balaban J connectivity index is 1.23. The molecule has 24 heteroatoms. The minimum atomic E-state index is -2.01. The maximum atomic E-state index is 13.1. The van der Waals surface area contributed by atoms with E-state index in [1.54, 1.807) is 12.1 Å². The molecule has 14 atom stereocenters. The van der Waals surface area contributed by atoms with Crippen LogP contribution in [0.25, 0.3) is 28.7 Å². The standard InChI is InChI=1S/C44H46O24/c45-20-6-1-18(2-7-20)3-10-31(51)60-16-29-35(55)37(57)41(68-42-38(58)33(53)24(48)15-62-42)44(67-29)65-27-13-23-25(63-40(27)19-4-8-21(46)9-5-19)11-22(47)12-26(23)64-43-39(59)36(56)34(54)28(66-43)17-61-32(52)14-30(49)50/h1-13,24,28-29,33-39,41-46,48,53-59H,14-17H2,(H,49,50)/p+1. The molecule has 2 aromatic carbocycles. The normalized spacial score (nSPS) is 30.7. The molecule has 4 heterocycles. The molecule has 3 saturated heterocycles. The summed E-state index contributed by atoms with van der Waals surface area (Å²) in [6.45, 7) is -1.98. The molecule has 0 saturated carbocycles. The van der Waals surface area contributed by atoms with Gasteiger partial charge in [-0.05, 0) is 54.1 Å². The highest BCUT2D eigenvalue weighted by atomic mass is 16.8. The topological polar surface area (TPSA) is 382 Å². The second kappa shape index (κ2) is 21.4. The molecule has 0 radical (unpaired) electrons. The monoisotopic (exact) mass is 959 g/mol. The Kier molecular flexibility index (Phi) is 15.6. The molecular formula is C44H47O24+. The van der Waals surface area contributed by atoms with E-state index in [1.807, 2.05) is 0 Å². The van der Waals surface area contributed by atoms with E-state index in [0.29, 0.717) is 5.56 Å². The summed E-state index contributed by atoms with van der Waals surface area (Å²) in [6.07, 6.45) is -23.9. The van der Waals surface area contributed by atoms with Crippen LogP contribution >= 0.6 is 0 Å². The average molecular weight is 960 g/mol. The third-order valence-corrected chi connectivity index (χ3v) is 10.9. The van der Waals surface area contributed by atoms with Crippen LogP contribution < -0.4 is 14.9 Å². The third-order valence-electron chi connectivity index (χ3n) is 10.9. The van der Waals surface area contributed by atoms with E-state index in [9.17, 15) is 70.2 Å². The van der Waals surface area contributed by atoms with Gasteiger partial charge in [0, 0.05) is 17.7 Å². The van der Waals surface area contributed by atoms with Crippen molar-refractivity contribution in [3.63, 3.8) is 0 Å². The summed E-state index contributed by atoms with van der Waals surface area (Å²) in [7, 11) is 0. The highest BCUT2D eigenvalue weighted by Crippen LogP contribution is 2.43. The lowest BCUT2D eigenvalue weighted by Gasteiger charge is -2.44. The Hall–Kier alpha value is -6.26. The van der Waals surface area contributed by atoms with Gasteiger partial charge >= 0.3 is 17.9 Å². The number of carboxylic acids is 1. The minimum absolute atomic E-state index is 0.00818. The SMILES string of the molecule is O=C(O)CC(=O)OCC1OC(Oc2cc(=O)cc3oc(-c4ccc(O)cc4)c(OC4OC(COC(=[OH+])C=Cc5ccc(O)cc5)C(O)C(O)C4OC4OCC(O)C(O)C4O)cc2-3)C(O)C(O)C1O. The number of aliphatic hydroxyl groups is 8. The molecule has 14 unspecified atom stereocenters. The predicted octanol–water partition coefficient (Wildman–Crippen LogP) is -2.09. The fourth-order valence-electron chi connectivity index (χ4n) is 7.22. The number of hydrogen-bond donors (Lipinski definition) is 11. The Labute approximate surface area is 382 Å².